The molecule has 1 fully saturated rings. The van der Waals surface area contributed by atoms with E-state index in [0.717, 1.165) is 41.7 Å². The van der Waals surface area contributed by atoms with Crippen LogP contribution < -0.4 is 4.90 Å². The zero-order valence-electron chi connectivity index (χ0n) is 18.8. The summed E-state index contributed by atoms with van der Waals surface area (Å²) in [6.07, 6.45) is 1.15. The lowest BCUT2D eigenvalue weighted by atomic mass is 9.99. The fraction of sp³-hybridized carbons (Fsp3) is 0.269. The topological polar surface area (TPSA) is 66.9 Å². The number of ether oxygens (including phenoxy) is 1. The van der Waals surface area contributed by atoms with Crippen LogP contribution in [-0.2, 0) is 27.7 Å². The van der Waals surface area contributed by atoms with Gasteiger partial charge in [-0.3, -0.25) is 4.79 Å². The maximum atomic E-state index is 13.7. The van der Waals surface area contributed by atoms with Gasteiger partial charge in [-0.05, 0) is 46.5 Å². The van der Waals surface area contributed by atoms with Crippen molar-refractivity contribution >= 4 is 33.0 Å². The number of halogens is 1. The first-order valence-corrected chi connectivity index (χ1v) is 13.4. The Bertz CT molecular complexity index is 1350. The van der Waals surface area contributed by atoms with Gasteiger partial charge < -0.3 is 14.5 Å². The maximum absolute atomic E-state index is 13.7. The third-order valence-corrected chi connectivity index (χ3v) is 7.78. The number of hydrogen-bond acceptors (Lipinski definition) is 5. The first-order chi connectivity index (χ1) is 16.3. The molecule has 0 radical (unpaired) electrons. The minimum Gasteiger partial charge on any atom is -0.378 e. The molecular formula is C26H25ClN2O4S. The van der Waals surface area contributed by atoms with Crippen LogP contribution in [0.5, 0.6) is 0 Å². The highest BCUT2D eigenvalue weighted by atomic mass is 35.5. The summed E-state index contributed by atoms with van der Waals surface area (Å²) in [5, 5.41) is 0.666. The molecule has 0 unspecified atom stereocenters. The second kappa shape index (κ2) is 9.06. The van der Waals surface area contributed by atoms with Gasteiger partial charge in [-0.25, -0.2) is 8.42 Å². The van der Waals surface area contributed by atoms with E-state index in [9.17, 15) is 13.2 Å². The van der Waals surface area contributed by atoms with E-state index in [1.165, 1.54) is 6.07 Å². The van der Waals surface area contributed by atoms with E-state index < -0.39 is 9.84 Å². The standard InChI is InChI=1S/C26H25ClN2O4S/c1-34(31,32)21-7-8-22(18-5-3-2-4-6-18)23(15-21)26(30)29-16-19-13-24(27)25(14-20(19)17-29)28-9-11-33-12-10-28/h2-8,13-15H,9-12,16-17H2,1H3. The van der Waals surface area contributed by atoms with E-state index in [1.54, 1.807) is 17.0 Å². The van der Waals surface area contributed by atoms with Crippen LogP contribution in [0.3, 0.4) is 0 Å². The second-order valence-corrected chi connectivity index (χ2v) is 11.1. The van der Waals surface area contributed by atoms with Gasteiger partial charge >= 0.3 is 0 Å². The molecular weight excluding hydrogens is 472 g/mol. The Labute approximate surface area is 204 Å². The highest BCUT2D eigenvalue weighted by Crippen LogP contribution is 2.36. The van der Waals surface area contributed by atoms with Gasteiger partial charge in [0.2, 0.25) is 0 Å². The van der Waals surface area contributed by atoms with Crippen molar-refractivity contribution in [2.45, 2.75) is 18.0 Å². The maximum Gasteiger partial charge on any atom is 0.255 e. The van der Waals surface area contributed by atoms with E-state index in [-0.39, 0.29) is 10.8 Å². The molecule has 0 atom stereocenters. The van der Waals surface area contributed by atoms with Gasteiger partial charge in [0, 0.05) is 38.0 Å². The number of hydrogen-bond donors (Lipinski definition) is 0. The van der Waals surface area contributed by atoms with Crippen molar-refractivity contribution in [3.05, 3.63) is 82.4 Å². The smallest absolute Gasteiger partial charge is 0.255 e. The third-order valence-electron chi connectivity index (χ3n) is 6.36. The van der Waals surface area contributed by atoms with Crippen LogP contribution in [0.4, 0.5) is 5.69 Å². The summed E-state index contributed by atoms with van der Waals surface area (Å²) in [4.78, 5) is 17.8. The van der Waals surface area contributed by atoms with E-state index in [4.69, 9.17) is 16.3 Å². The predicted octanol–water partition coefficient (Wildman–Crippen LogP) is 4.40. The van der Waals surface area contributed by atoms with Gasteiger partial charge in [-0.2, -0.15) is 0 Å². The van der Waals surface area contributed by atoms with Crippen molar-refractivity contribution in [1.82, 2.24) is 4.90 Å². The Morgan fingerprint density at radius 1 is 0.941 bits per heavy atom. The van der Waals surface area contributed by atoms with Gasteiger partial charge in [0.05, 0.1) is 28.8 Å². The molecule has 0 bridgehead atoms. The lowest BCUT2D eigenvalue weighted by Gasteiger charge is -2.30. The predicted molar refractivity (Wildman–Crippen MR) is 133 cm³/mol. The summed E-state index contributed by atoms with van der Waals surface area (Å²) >= 11 is 6.61. The number of carbonyl (C=O) groups excluding carboxylic acids is 1. The van der Waals surface area contributed by atoms with Gasteiger partial charge in [0.15, 0.2) is 9.84 Å². The summed E-state index contributed by atoms with van der Waals surface area (Å²) < 4.78 is 29.9. The van der Waals surface area contributed by atoms with Crippen LogP contribution in [0.25, 0.3) is 11.1 Å². The molecule has 2 aliphatic heterocycles. The molecule has 3 aromatic rings. The second-order valence-electron chi connectivity index (χ2n) is 8.68. The van der Waals surface area contributed by atoms with E-state index in [2.05, 4.69) is 11.0 Å². The largest absolute Gasteiger partial charge is 0.378 e. The average Bonchev–Trinajstić information content (AvgIpc) is 3.26. The lowest BCUT2D eigenvalue weighted by Crippen LogP contribution is -2.36. The van der Waals surface area contributed by atoms with Crippen molar-refractivity contribution in [2.75, 3.05) is 37.5 Å². The Kier molecular flexibility index (Phi) is 6.10. The van der Waals surface area contributed by atoms with Gasteiger partial charge in [0.1, 0.15) is 0 Å². The molecule has 0 N–H and O–H groups in total. The first-order valence-electron chi connectivity index (χ1n) is 11.1. The van der Waals surface area contributed by atoms with E-state index >= 15 is 0 Å². The molecule has 0 aromatic heterocycles. The molecule has 34 heavy (non-hydrogen) atoms. The summed E-state index contributed by atoms with van der Waals surface area (Å²) in [6, 6.07) is 18.3. The number of rotatable bonds is 4. The van der Waals surface area contributed by atoms with Crippen molar-refractivity contribution in [3.63, 3.8) is 0 Å². The number of benzene rings is 3. The Hall–Kier alpha value is -2.87. The Balaban J connectivity index is 1.49. The van der Waals surface area contributed by atoms with Crippen molar-refractivity contribution < 1.29 is 17.9 Å². The molecule has 3 aromatic carbocycles. The van der Waals surface area contributed by atoms with E-state index in [0.29, 0.717) is 42.5 Å². The Morgan fingerprint density at radius 3 is 2.29 bits per heavy atom. The number of amides is 1. The minimum absolute atomic E-state index is 0.130. The fourth-order valence-electron chi connectivity index (χ4n) is 4.57. The summed E-state index contributed by atoms with van der Waals surface area (Å²) in [5.74, 6) is -0.204. The van der Waals surface area contributed by atoms with Crippen LogP contribution in [0, 0.1) is 0 Å². The number of morpholine rings is 1. The van der Waals surface area contributed by atoms with Crippen LogP contribution in [-0.4, -0.2) is 51.8 Å². The monoisotopic (exact) mass is 496 g/mol. The van der Waals surface area contributed by atoms with Crippen LogP contribution >= 0.6 is 11.6 Å². The van der Waals surface area contributed by atoms with Crippen molar-refractivity contribution in [2.24, 2.45) is 0 Å². The van der Waals surface area contributed by atoms with Crippen LogP contribution in [0.15, 0.2) is 65.6 Å². The molecule has 2 aliphatic rings. The summed E-state index contributed by atoms with van der Waals surface area (Å²) in [6.45, 7) is 3.75. The van der Waals surface area contributed by atoms with Crippen LogP contribution in [0.1, 0.15) is 21.5 Å². The van der Waals surface area contributed by atoms with Gasteiger partial charge in [-0.15, -0.1) is 0 Å². The molecule has 1 saturated heterocycles. The number of fused-ring (bicyclic) bond motifs is 1. The molecule has 0 saturated carbocycles. The van der Waals surface area contributed by atoms with Gasteiger partial charge in [-0.1, -0.05) is 48.0 Å². The molecule has 176 valence electrons. The number of sulfone groups is 1. The highest BCUT2D eigenvalue weighted by Gasteiger charge is 2.29. The van der Waals surface area contributed by atoms with E-state index in [1.807, 2.05) is 36.4 Å². The Morgan fingerprint density at radius 2 is 1.62 bits per heavy atom. The molecule has 6 nitrogen and oxygen atoms in total. The zero-order valence-corrected chi connectivity index (χ0v) is 20.4. The zero-order chi connectivity index (χ0) is 23.9. The molecule has 2 heterocycles. The summed E-state index contributed by atoms with van der Waals surface area (Å²) in [5.41, 5.74) is 4.97. The SMILES string of the molecule is CS(=O)(=O)c1ccc(-c2ccccc2)c(C(=O)N2Cc3cc(Cl)c(N4CCOCC4)cc3C2)c1. The molecule has 0 spiro atoms. The minimum atomic E-state index is -3.46. The number of carbonyl (C=O) groups is 1. The highest BCUT2D eigenvalue weighted by molar-refractivity contribution is 7.90. The normalized spacial score (nSPS) is 15.9. The number of nitrogens with zero attached hydrogens (tertiary/aromatic N) is 2. The average molecular weight is 497 g/mol. The summed E-state index contributed by atoms with van der Waals surface area (Å²) in [7, 11) is -3.46. The van der Waals surface area contributed by atoms with Crippen molar-refractivity contribution in [3.8, 4) is 11.1 Å². The van der Waals surface area contributed by atoms with Crippen LogP contribution in [0.2, 0.25) is 5.02 Å². The quantitative estimate of drug-likeness (QED) is 0.535. The third kappa shape index (κ3) is 4.43. The van der Waals surface area contributed by atoms with Crippen molar-refractivity contribution in [1.29, 1.82) is 0 Å². The first kappa shape index (κ1) is 22.9. The fourth-order valence-corrected chi connectivity index (χ4v) is 5.52. The molecule has 0 aliphatic carbocycles. The molecule has 1 amide bonds. The molecule has 8 heteroatoms. The van der Waals surface area contributed by atoms with Gasteiger partial charge in [0.25, 0.3) is 5.91 Å². The molecule has 5 rings (SSSR count). The number of anilines is 1. The lowest BCUT2D eigenvalue weighted by molar-refractivity contribution is 0.0752.